The van der Waals surface area contributed by atoms with Crippen LogP contribution in [-0.2, 0) is 9.59 Å². The Morgan fingerprint density at radius 2 is 2.07 bits per heavy atom. The van der Waals surface area contributed by atoms with Crippen molar-refractivity contribution in [1.82, 2.24) is 4.90 Å². The normalized spacial score (nSPS) is 21.8. The van der Waals surface area contributed by atoms with Crippen LogP contribution in [0.15, 0.2) is 0 Å². The molecule has 0 aromatic rings. The van der Waals surface area contributed by atoms with Gasteiger partial charge in [-0.2, -0.15) is 0 Å². The van der Waals surface area contributed by atoms with Crippen LogP contribution < -0.4 is 0 Å². The molecule has 0 aromatic heterocycles. The molecule has 1 N–H and O–H groups in total. The van der Waals surface area contributed by atoms with E-state index in [1.165, 1.54) is 0 Å². The van der Waals surface area contributed by atoms with Gasteiger partial charge in [0.15, 0.2) is 0 Å². The molecule has 0 aliphatic carbocycles. The van der Waals surface area contributed by atoms with Crippen LogP contribution in [0.3, 0.4) is 0 Å². The molecule has 0 aromatic carbocycles. The third-order valence-corrected chi connectivity index (χ3v) is 2.95. The molecule has 0 saturated carbocycles. The molecule has 1 rings (SSSR count). The van der Waals surface area contributed by atoms with Gasteiger partial charge in [-0.05, 0) is 26.2 Å². The Morgan fingerprint density at radius 3 is 2.47 bits per heavy atom. The van der Waals surface area contributed by atoms with Crippen molar-refractivity contribution in [2.75, 3.05) is 13.1 Å². The zero-order valence-corrected chi connectivity index (χ0v) is 9.62. The van der Waals surface area contributed by atoms with E-state index < -0.39 is 11.4 Å². The minimum Gasteiger partial charge on any atom is -0.481 e. The maximum absolute atomic E-state index is 11.8. The van der Waals surface area contributed by atoms with Crippen molar-refractivity contribution in [3.05, 3.63) is 0 Å². The Bertz CT molecular complexity index is 273. The highest BCUT2D eigenvalue weighted by Crippen LogP contribution is 2.24. The average Bonchev–Trinajstić information content (AvgIpc) is 2.50. The van der Waals surface area contributed by atoms with Crippen molar-refractivity contribution < 1.29 is 14.7 Å². The van der Waals surface area contributed by atoms with Crippen molar-refractivity contribution >= 4 is 11.9 Å². The van der Waals surface area contributed by atoms with Crippen molar-refractivity contribution in [3.8, 4) is 0 Å². The van der Waals surface area contributed by atoms with Gasteiger partial charge in [0.05, 0.1) is 5.41 Å². The number of hydrogen-bond donors (Lipinski definition) is 1. The Labute approximate surface area is 90.3 Å². The van der Waals surface area contributed by atoms with E-state index in [0.29, 0.717) is 5.92 Å². The number of carboxylic acid groups (broad SMARTS) is 1. The van der Waals surface area contributed by atoms with E-state index >= 15 is 0 Å². The van der Waals surface area contributed by atoms with Crippen molar-refractivity contribution in [3.63, 3.8) is 0 Å². The standard InChI is InChI=1S/C11H19NO3/c1-8-4-5-12(7-8)9(13)6-11(2,3)10(14)15/h8H,4-7H2,1-3H3,(H,14,15). The fraction of sp³-hybridized carbons (Fsp3) is 0.818. The maximum atomic E-state index is 11.8. The molecule has 0 bridgehead atoms. The minimum atomic E-state index is -0.955. The van der Waals surface area contributed by atoms with E-state index in [1.54, 1.807) is 18.7 Å². The molecule has 15 heavy (non-hydrogen) atoms. The first kappa shape index (κ1) is 12.0. The monoisotopic (exact) mass is 213 g/mol. The Kier molecular flexibility index (Phi) is 3.37. The lowest BCUT2D eigenvalue weighted by Crippen LogP contribution is -2.35. The summed E-state index contributed by atoms with van der Waals surface area (Å²) < 4.78 is 0. The highest BCUT2D eigenvalue weighted by Gasteiger charge is 2.33. The van der Waals surface area contributed by atoms with Crippen molar-refractivity contribution in [1.29, 1.82) is 0 Å². The summed E-state index contributed by atoms with van der Waals surface area (Å²) in [5.74, 6) is -0.406. The molecule has 1 heterocycles. The molecule has 4 nitrogen and oxygen atoms in total. The first-order valence-corrected chi connectivity index (χ1v) is 5.34. The number of likely N-dealkylation sites (tertiary alicyclic amines) is 1. The van der Waals surface area contributed by atoms with Crippen molar-refractivity contribution in [2.24, 2.45) is 11.3 Å². The molecule has 1 amide bonds. The molecule has 4 heteroatoms. The zero-order valence-electron chi connectivity index (χ0n) is 9.62. The van der Waals surface area contributed by atoms with Crippen LogP contribution in [-0.4, -0.2) is 35.0 Å². The minimum absolute atomic E-state index is 0.0354. The lowest BCUT2D eigenvalue weighted by atomic mass is 9.89. The summed E-state index contributed by atoms with van der Waals surface area (Å²) in [6, 6.07) is 0. The van der Waals surface area contributed by atoms with Gasteiger partial charge >= 0.3 is 5.97 Å². The number of nitrogens with zero attached hydrogens (tertiary/aromatic N) is 1. The van der Waals surface area contributed by atoms with Gasteiger partial charge in [-0.25, -0.2) is 0 Å². The summed E-state index contributed by atoms with van der Waals surface area (Å²) >= 11 is 0. The van der Waals surface area contributed by atoms with Crippen LogP contribution in [0.2, 0.25) is 0 Å². The van der Waals surface area contributed by atoms with Gasteiger partial charge in [-0.1, -0.05) is 6.92 Å². The topological polar surface area (TPSA) is 57.6 Å². The SMILES string of the molecule is CC1CCN(C(=O)CC(C)(C)C(=O)O)C1. The lowest BCUT2D eigenvalue weighted by molar-refractivity contribution is -0.151. The number of hydrogen-bond acceptors (Lipinski definition) is 2. The number of rotatable bonds is 3. The highest BCUT2D eigenvalue weighted by atomic mass is 16.4. The molecular weight excluding hydrogens is 194 g/mol. The summed E-state index contributed by atoms with van der Waals surface area (Å²) in [7, 11) is 0. The van der Waals surface area contributed by atoms with Gasteiger partial charge in [-0.15, -0.1) is 0 Å². The van der Waals surface area contributed by atoms with Gasteiger partial charge < -0.3 is 10.0 Å². The van der Waals surface area contributed by atoms with Crippen LogP contribution in [0.25, 0.3) is 0 Å². The molecule has 1 unspecified atom stereocenters. The summed E-state index contributed by atoms with van der Waals surface area (Å²) in [5.41, 5.74) is -0.955. The van der Waals surface area contributed by atoms with Gasteiger partial charge in [0.1, 0.15) is 0 Å². The quantitative estimate of drug-likeness (QED) is 0.770. The summed E-state index contributed by atoms with van der Waals surface area (Å²) in [6.07, 6.45) is 1.12. The summed E-state index contributed by atoms with van der Waals surface area (Å²) in [4.78, 5) is 24.4. The second-order valence-corrected chi connectivity index (χ2v) is 5.10. The Morgan fingerprint density at radius 1 is 1.47 bits per heavy atom. The molecule has 1 fully saturated rings. The molecule has 1 aliphatic rings. The first-order chi connectivity index (χ1) is 6.83. The van der Waals surface area contributed by atoms with E-state index in [9.17, 15) is 9.59 Å². The molecule has 0 radical (unpaired) electrons. The zero-order chi connectivity index (χ0) is 11.6. The van der Waals surface area contributed by atoms with E-state index in [4.69, 9.17) is 5.11 Å². The maximum Gasteiger partial charge on any atom is 0.309 e. The summed E-state index contributed by atoms with van der Waals surface area (Å²) in [5, 5.41) is 8.91. The lowest BCUT2D eigenvalue weighted by Gasteiger charge is -2.23. The van der Waals surface area contributed by atoms with Crippen LogP contribution in [0.1, 0.15) is 33.6 Å². The number of carboxylic acids is 1. The van der Waals surface area contributed by atoms with Gasteiger partial charge in [0.2, 0.25) is 5.91 Å². The number of carbonyl (C=O) groups excluding carboxylic acids is 1. The Balaban J connectivity index is 2.52. The van der Waals surface area contributed by atoms with Crippen LogP contribution in [0.4, 0.5) is 0 Å². The number of aliphatic carboxylic acids is 1. The van der Waals surface area contributed by atoms with Gasteiger partial charge in [0, 0.05) is 19.5 Å². The van der Waals surface area contributed by atoms with E-state index in [2.05, 4.69) is 6.92 Å². The van der Waals surface area contributed by atoms with Gasteiger partial charge in [-0.3, -0.25) is 9.59 Å². The Hall–Kier alpha value is -1.06. The van der Waals surface area contributed by atoms with Crippen molar-refractivity contribution in [2.45, 2.75) is 33.6 Å². The second-order valence-electron chi connectivity index (χ2n) is 5.10. The second kappa shape index (κ2) is 4.21. The smallest absolute Gasteiger partial charge is 0.309 e. The fourth-order valence-electron chi connectivity index (χ4n) is 1.73. The molecule has 1 aliphatic heterocycles. The molecular formula is C11H19NO3. The third-order valence-electron chi connectivity index (χ3n) is 2.95. The molecule has 1 saturated heterocycles. The molecule has 0 spiro atoms. The van der Waals surface area contributed by atoms with Gasteiger partial charge in [0.25, 0.3) is 0 Å². The summed E-state index contributed by atoms with van der Waals surface area (Å²) in [6.45, 7) is 6.83. The molecule has 1 atom stereocenters. The fourth-order valence-corrected chi connectivity index (χ4v) is 1.73. The molecule has 86 valence electrons. The van der Waals surface area contributed by atoms with E-state index in [-0.39, 0.29) is 12.3 Å². The third kappa shape index (κ3) is 2.94. The van der Waals surface area contributed by atoms with E-state index in [1.807, 2.05) is 0 Å². The predicted molar refractivity (Wildman–Crippen MR) is 56.4 cm³/mol. The predicted octanol–water partition coefficient (Wildman–Crippen LogP) is 1.36. The largest absolute Gasteiger partial charge is 0.481 e. The number of carbonyl (C=O) groups is 2. The highest BCUT2D eigenvalue weighted by molar-refractivity contribution is 5.84. The first-order valence-electron chi connectivity index (χ1n) is 5.34. The van der Waals surface area contributed by atoms with Crippen LogP contribution >= 0.6 is 0 Å². The van der Waals surface area contributed by atoms with E-state index in [0.717, 1.165) is 19.5 Å². The average molecular weight is 213 g/mol. The van der Waals surface area contributed by atoms with Crippen LogP contribution in [0, 0.1) is 11.3 Å². The van der Waals surface area contributed by atoms with Crippen LogP contribution in [0.5, 0.6) is 0 Å². The number of amides is 1.